The van der Waals surface area contributed by atoms with E-state index in [0.29, 0.717) is 0 Å². The summed E-state index contributed by atoms with van der Waals surface area (Å²) in [6.07, 6.45) is 5.20. The molecule has 3 rings (SSSR count). The van der Waals surface area contributed by atoms with Crippen molar-refractivity contribution in [1.82, 2.24) is 25.0 Å². The van der Waals surface area contributed by atoms with Crippen molar-refractivity contribution in [1.29, 1.82) is 0 Å². The second-order valence-electron chi connectivity index (χ2n) is 5.83. The van der Waals surface area contributed by atoms with Gasteiger partial charge in [0.1, 0.15) is 0 Å². The first-order valence-corrected chi connectivity index (χ1v) is 7.87. The lowest BCUT2D eigenvalue weighted by Gasteiger charge is -2.11. The van der Waals surface area contributed by atoms with E-state index in [9.17, 15) is 0 Å². The molecule has 5 heteroatoms. The third-order valence-corrected chi connectivity index (χ3v) is 3.67. The minimum atomic E-state index is 0.274. The van der Waals surface area contributed by atoms with Crippen molar-refractivity contribution in [3.05, 3.63) is 41.9 Å². The maximum atomic E-state index is 4.77. The SMILES string of the molecule is CCCCc1cn(-c2nc3ccccc3nc2C(C)C)nn1. The summed E-state index contributed by atoms with van der Waals surface area (Å²) in [5.74, 6) is 1.05. The van der Waals surface area contributed by atoms with Crippen molar-refractivity contribution in [3.63, 3.8) is 0 Å². The summed E-state index contributed by atoms with van der Waals surface area (Å²) in [5.41, 5.74) is 3.76. The smallest absolute Gasteiger partial charge is 0.177 e. The first-order chi connectivity index (χ1) is 10.7. The van der Waals surface area contributed by atoms with E-state index in [1.165, 1.54) is 0 Å². The predicted octanol–water partition coefficient (Wildman–Crippen LogP) is 3.68. The minimum Gasteiger partial charge on any atom is -0.247 e. The van der Waals surface area contributed by atoms with Gasteiger partial charge in [-0.1, -0.05) is 44.5 Å². The first-order valence-electron chi connectivity index (χ1n) is 7.87. The van der Waals surface area contributed by atoms with Gasteiger partial charge in [-0.05, 0) is 30.9 Å². The maximum Gasteiger partial charge on any atom is 0.177 e. The third kappa shape index (κ3) is 2.84. The van der Waals surface area contributed by atoms with Crippen LogP contribution < -0.4 is 0 Å². The van der Waals surface area contributed by atoms with Gasteiger partial charge < -0.3 is 0 Å². The Morgan fingerprint density at radius 2 is 1.82 bits per heavy atom. The molecule has 0 aliphatic rings. The molecule has 0 aliphatic carbocycles. The number of aryl methyl sites for hydroxylation is 1. The molecule has 0 saturated heterocycles. The highest BCUT2D eigenvalue weighted by Crippen LogP contribution is 2.22. The fraction of sp³-hybridized carbons (Fsp3) is 0.412. The number of aromatic nitrogens is 5. The molecule has 0 fully saturated rings. The molecule has 3 aromatic rings. The summed E-state index contributed by atoms with van der Waals surface area (Å²) in [7, 11) is 0. The standard InChI is InChI=1S/C17H21N5/c1-4-5-8-13-11-22(21-20-13)17-16(12(2)3)18-14-9-6-7-10-15(14)19-17/h6-7,9-12H,4-5,8H2,1-3H3. The van der Waals surface area contributed by atoms with Crippen molar-refractivity contribution in [2.75, 3.05) is 0 Å². The van der Waals surface area contributed by atoms with Crippen molar-refractivity contribution in [3.8, 4) is 5.82 Å². The van der Waals surface area contributed by atoms with Crippen molar-refractivity contribution >= 4 is 11.0 Å². The number of hydrogen-bond donors (Lipinski definition) is 0. The lowest BCUT2D eigenvalue weighted by molar-refractivity contribution is 0.729. The topological polar surface area (TPSA) is 56.5 Å². The summed E-state index contributed by atoms with van der Waals surface area (Å²) in [6.45, 7) is 6.42. The van der Waals surface area contributed by atoms with Crippen LogP contribution >= 0.6 is 0 Å². The average Bonchev–Trinajstić information content (AvgIpc) is 3.00. The van der Waals surface area contributed by atoms with Gasteiger partial charge >= 0.3 is 0 Å². The molecule has 2 aromatic heterocycles. The zero-order valence-corrected chi connectivity index (χ0v) is 13.3. The molecule has 114 valence electrons. The molecule has 2 heterocycles. The van der Waals surface area contributed by atoms with Gasteiger partial charge in [0, 0.05) is 0 Å². The average molecular weight is 295 g/mol. The van der Waals surface area contributed by atoms with E-state index >= 15 is 0 Å². The van der Waals surface area contributed by atoms with Crippen LogP contribution in [-0.4, -0.2) is 25.0 Å². The molecular formula is C17H21N5. The van der Waals surface area contributed by atoms with Gasteiger partial charge in [-0.25, -0.2) is 14.6 Å². The van der Waals surface area contributed by atoms with E-state index in [2.05, 4.69) is 31.1 Å². The summed E-state index contributed by atoms with van der Waals surface area (Å²) in [6, 6.07) is 7.93. The van der Waals surface area contributed by atoms with Gasteiger partial charge in [0.05, 0.1) is 28.6 Å². The molecule has 1 aromatic carbocycles. The number of rotatable bonds is 5. The van der Waals surface area contributed by atoms with E-state index in [-0.39, 0.29) is 5.92 Å². The van der Waals surface area contributed by atoms with Gasteiger partial charge in [-0.3, -0.25) is 0 Å². The highest BCUT2D eigenvalue weighted by molar-refractivity contribution is 5.75. The quantitative estimate of drug-likeness (QED) is 0.720. The second kappa shape index (κ2) is 6.22. The molecule has 0 N–H and O–H groups in total. The first kappa shape index (κ1) is 14.6. The number of fused-ring (bicyclic) bond motifs is 1. The molecule has 0 amide bonds. The Morgan fingerprint density at radius 1 is 1.09 bits per heavy atom. The highest BCUT2D eigenvalue weighted by Gasteiger charge is 2.15. The lowest BCUT2D eigenvalue weighted by atomic mass is 10.1. The highest BCUT2D eigenvalue weighted by atomic mass is 15.4. The van der Waals surface area contributed by atoms with E-state index in [4.69, 9.17) is 9.97 Å². The second-order valence-corrected chi connectivity index (χ2v) is 5.83. The van der Waals surface area contributed by atoms with Crippen LogP contribution in [0.4, 0.5) is 0 Å². The predicted molar refractivity (Wildman–Crippen MR) is 87.2 cm³/mol. The third-order valence-electron chi connectivity index (χ3n) is 3.67. The van der Waals surface area contributed by atoms with Gasteiger partial charge in [0.2, 0.25) is 0 Å². The van der Waals surface area contributed by atoms with Crippen LogP contribution in [0, 0.1) is 0 Å². The summed E-state index contributed by atoms with van der Waals surface area (Å²) in [4.78, 5) is 9.53. The van der Waals surface area contributed by atoms with Gasteiger partial charge in [-0.2, -0.15) is 0 Å². The van der Waals surface area contributed by atoms with E-state index in [0.717, 1.165) is 47.5 Å². The fourth-order valence-corrected chi connectivity index (χ4v) is 2.43. The normalized spacial score (nSPS) is 11.5. The molecule has 0 saturated carbocycles. The fourth-order valence-electron chi connectivity index (χ4n) is 2.43. The molecule has 0 aliphatic heterocycles. The Balaban J connectivity index is 2.07. The number of unbranched alkanes of at least 4 members (excludes halogenated alkanes) is 1. The summed E-state index contributed by atoms with van der Waals surface area (Å²) >= 11 is 0. The Kier molecular flexibility index (Phi) is 4.13. The largest absolute Gasteiger partial charge is 0.247 e. The Labute approximate surface area is 130 Å². The van der Waals surface area contributed by atoms with Crippen molar-refractivity contribution in [2.24, 2.45) is 0 Å². The Morgan fingerprint density at radius 3 is 2.50 bits per heavy atom. The number of para-hydroxylation sites is 2. The van der Waals surface area contributed by atoms with Crippen LogP contribution in [0.25, 0.3) is 16.9 Å². The monoisotopic (exact) mass is 295 g/mol. The van der Waals surface area contributed by atoms with Crippen LogP contribution in [0.3, 0.4) is 0 Å². The molecule has 0 bridgehead atoms. The molecule has 0 unspecified atom stereocenters. The Hall–Kier alpha value is -2.30. The van der Waals surface area contributed by atoms with Crippen molar-refractivity contribution in [2.45, 2.75) is 46.0 Å². The lowest BCUT2D eigenvalue weighted by Crippen LogP contribution is -2.08. The molecule has 5 nitrogen and oxygen atoms in total. The van der Waals surface area contributed by atoms with E-state index in [1.807, 2.05) is 30.5 Å². The van der Waals surface area contributed by atoms with Gasteiger partial charge in [-0.15, -0.1) is 5.10 Å². The number of hydrogen-bond acceptors (Lipinski definition) is 4. The Bertz CT molecular complexity index is 776. The van der Waals surface area contributed by atoms with E-state index < -0.39 is 0 Å². The molecule has 0 atom stereocenters. The number of nitrogens with zero attached hydrogens (tertiary/aromatic N) is 5. The van der Waals surface area contributed by atoms with E-state index in [1.54, 1.807) is 4.68 Å². The van der Waals surface area contributed by atoms with Crippen LogP contribution in [0.15, 0.2) is 30.5 Å². The van der Waals surface area contributed by atoms with Crippen LogP contribution in [0.1, 0.15) is 50.9 Å². The zero-order chi connectivity index (χ0) is 15.5. The molecule has 0 radical (unpaired) electrons. The zero-order valence-electron chi connectivity index (χ0n) is 13.3. The van der Waals surface area contributed by atoms with Gasteiger partial charge in [0.15, 0.2) is 5.82 Å². The maximum absolute atomic E-state index is 4.77. The van der Waals surface area contributed by atoms with Crippen molar-refractivity contribution < 1.29 is 0 Å². The van der Waals surface area contributed by atoms with Crippen LogP contribution in [0.5, 0.6) is 0 Å². The molecule has 0 spiro atoms. The minimum absolute atomic E-state index is 0.274. The molecule has 22 heavy (non-hydrogen) atoms. The summed E-state index contributed by atoms with van der Waals surface area (Å²) < 4.78 is 1.76. The number of benzene rings is 1. The van der Waals surface area contributed by atoms with Crippen LogP contribution in [-0.2, 0) is 6.42 Å². The van der Waals surface area contributed by atoms with Gasteiger partial charge in [0.25, 0.3) is 0 Å². The molecular weight excluding hydrogens is 274 g/mol. The van der Waals surface area contributed by atoms with Crippen LogP contribution in [0.2, 0.25) is 0 Å². The summed E-state index contributed by atoms with van der Waals surface area (Å²) in [5, 5.41) is 8.51.